The molecular formula is C15H16BrNO2S. The molecule has 20 heavy (non-hydrogen) atoms. The molecule has 0 saturated carbocycles. The van der Waals surface area contributed by atoms with Gasteiger partial charge in [0.2, 0.25) is 10.0 Å². The van der Waals surface area contributed by atoms with Crippen molar-refractivity contribution in [1.82, 2.24) is 4.31 Å². The second-order valence-corrected chi connectivity index (χ2v) is 7.52. The maximum Gasteiger partial charge on any atom is 0.218 e. The molecule has 0 aliphatic heterocycles. The van der Waals surface area contributed by atoms with Crippen LogP contribution in [0, 0.1) is 0 Å². The third-order valence-electron chi connectivity index (χ3n) is 3.02. The van der Waals surface area contributed by atoms with Crippen molar-refractivity contribution in [1.29, 1.82) is 0 Å². The van der Waals surface area contributed by atoms with Crippen molar-refractivity contribution in [3.05, 3.63) is 70.2 Å². The van der Waals surface area contributed by atoms with E-state index in [0.29, 0.717) is 6.54 Å². The van der Waals surface area contributed by atoms with Crippen LogP contribution in [-0.2, 0) is 22.3 Å². The van der Waals surface area contributed by atoms with E-state index < -0.39 is 10.0 Å². The van der Waals surface area contributed by atoms with Gasteiger partial charge in [-0.2, -0.15) is 0 Å². The Balaban J connectivity index is 2.12. The highest BCUT2D eigenvalue weighted by Crippen LogP contribution is 2.19. The molecule has 0 aliphatic carbocycles. The van der Waals surface area contributed by atoms with E-state index in [4.69, 9.17) is 0 Å². The van der Waals surface area contributed by atoms with Crippen LogP contribution in [0.2, 0.25) is 0 Å². The Morgan fingerprint density at radius 2 is 1.60 bits per heavy atom. The van der Waals surface area contributed by atoms with Gasteiger partial charge in [-0.25, -0.2) is 12.7 Å². The second kappa shape index (κ2) is 6.52. The Kier molecular flexibility index (Phi) is 4.96. The van der Waals surface area contributed by atoms with Gasteiger partial charge in [-0.05, 0) is 17.2 Å². The molecule has 106 valence electrons. The van der Waals surface area contributed by atoms with Crippen LogP contribution in [0.1, 0.15) is 11.1 Å². The molecule has 2 rings (SSSR count). The number of sulfonamides is 1. The first-order valence-corrected chi connectivity index (χ1v) is 8.60. The number of nitrogens with zero attached hydrogens (tertiary/aromatic N) is 1. The highest BCUT2D eigenvalue weighted by molar-refractivity contribution is 9.10. The molecule has 2 aromatic carbocycles. The lowest BCUT2D eigenvalue weighted by molar-refractivity contribution is 0.465. The average Bonchev–Trinajstić information content (AvgIpc) is 2.42. The van der Waals surface area contributed by atoms with E-state index in [-0.39, 0.29) is 5.75 Å². The summed E-state index contributed by atoms with van der Waals surface area (Å²) in [7, 11) is -1.71. The number of benzene rings is 2. The number of halogens is 1. The molecule has 0 atom stereocenters. The number of rotatable bonds is 5. The highest BCUT2D eigenvalue weighted by atomic mass is 79.9. The Bertz CT molecular complexity index is 671. The molecule has 0 spiro atoms. The smallest absolute Gasteiger partial charge is 0.212 e. The van der Waals surface area contributed by atoms with Crippen molar-refractivity contribution in [2.45, 2.75) is 12.3 Å². The van der Waals surface area contributed by atoms with Crippen molar-refractivity contribution < 1.29 is 8.42 Å². The SMILES string of the molecule is CN(Cc1ccccc1Br)S(=O)(=O)Cc1ccccc1. The van der Waals surface area contributed by atoms with Gasteiger partial charge in [-0.1, -0.05) is 64.5 Å². The van der Waals surface area contributed by atoms with Gasteiger partial charge in [0.1, 0.15) is 0 Å². The Labute approximate surface area is 128 Å². The molecule has 0 aromatic heterocycles. The van der Waals surface area contributed by atoms with Gasteiger partial charge in [0.05, 0.1) is 5.75 Å². The minimum atomic E-state index is -3.32. The summed E-state index contributed by atoms with van der Waals surface area (Å²) < 4.78 is 27.0. The molecule has 0 N–H and O–H groups in total. The first-order valence-electron chi connectivity index (χ1n) is 6.20. The summed E-state index contributed by atoms with van der Waals surface area (Å²) in [4.78, 5) is 0. The van der Waals surface area contributed by atoms with Gasteiger partial charge in [-0.15, -0.1) is 0 Å². The van der Waals surface area contributed by atoms with Crippen LogP contribution in [0.25, 0.3) is 0 Å². The lowest BCUT2D eigenvalue weighted by atomic mass is 10.2. The maximum atomic E-state index is 12.3. The molecule has 0 saturated heterocycles. The molecule has 0 radical (unpaired) electrons. The quantitative estimate of drug-likeness (QED) is 0.825. The minimum Gasteiger partial charge on any atom is -0.212 e. The third-order valence-corrected chi connectivity index (χ3v) is 5.57. The summed E-state index contributed by atoms with van der Waals surface area (Å²) in [6.45, 7) is 0.358. The topological polar surface area (TPSA) is 37.4 Å². The van der Waals surface area contributed by atoms with Crippen LogP contribution in [0.3, 0.4) is 0 Å². The molecule has 0 unspecified atom stereocenters. The molecule has 0 heterocycles. The van der Waals surface area contributed by atoms with Crippen LogP contribution >= 0.6 is 15.9 Å². The van der Waals surface area contributed by atoms with Gasteiger partial charge >= 0.3 is 0 Å². The summed E-state index contributed by atoms with van der Waals surface area (Å²) in [5.41, 5.74) is 1.75. The summed E-state index contributed by atoms with van der Waals surface area (Å²) in [6, 6.07) is 16.8. The predicted octanol–water partition coefficient (Wildman–Crippen LogP) is 3.41. The Morgan fingerprint density at radius 1 is 1.00 bits per heavy atom. The van der Waals surface area contributed by atoms with Crippen molar-refractivity contribution in [2.24, 2.45) is 0 Å². The van der Waals surface area contributed by atoms with E-state index in [9.17, 15) is 8.42 Å². The maximum absolute atomic E-state index is 12.3. The lowest BCUT2D eigenvalue weighted by Crippen LogP contribution is -2.27. The zero-order valence-corrected chi connectivity index (χ0v) is 13.6. The first-order chi connectivity index (χ1) is 9.49. The summed E-state index contributed by atoms with van der Waals surface area (Å²) >= 11 is 3.44. The lowest BCUT2D eigenvalue weighted by Gasteiger charge is -2.18. The summed E-state index contributed by atoms with van der Waals surface area (Å²) in [5, 5.41) is 0. The molecular weight excluding hydrogens is 338 g/mol. The molecule has 3 nitrogen and oxygen atoms in total. The number of hydrogen-bond donors (Lipinski definition) is 0. The van der Waals surface area contributed by atoms with Gasteiger partial charge < -0.3 is 0 Å². The van der Waals surface area contributed by atoms with Crippen LogP contribution in [-0.4, -0.2) is 19.8 Å². The highest BCUT2D eigenvalue weighted by Gasteiger charge is 2.19. The molecule has 5 heteroatoms. The Hall–Kier alpha value is -1.17. The fourth-order valence-corrected chi connectivity index (χ4v) is 3.44. The van der Waals surface area contributed by atoms with Crippen molar-refractivity contribution in [3.63, 3.8) is 0 Å². The molecule has 0 amide bonds. The molecule has 0 bridgehead atoms. The van der Waals surface area contributed by atoms with Crippen LogP contribution in [0.4, 0.5) is 0 Å². The van der Waals surface area contributed by atoms with Crippen molar-refractivity contribution in [3.8, 4) is 0 Å². The van der Waals surface area contributed by atoms with E-state index in [2.05, 4.69) is 15.9 Å². The zero-order valence-electron chi connectivity index (χ0n) is 11.2. The summed E-state index contributed by atoms with van der Waals surface area (Å²) in [5.74, 6) is 0.0226. The van der Waals surface area contributed by atoms with Crippen LogP contribution < -0.4 is 0 Å². The fraction of sp³-hybridized carbons (Fsp3) is 0.200. The van der Waals surface area contributed by atoms with E-state index in [1.54, 1.807) is 7.05 Å². The van der Waals surface area contributed by atoms with Gasteiger partial charge in [0.25, 0.3) is 0 Å². The fourth-order valence-electron chi connectivity index (χ4n) is 1.86. The van der Waals surface area contributed by atoms with Crippen LogP contribution in [0.15, 0.2) is 59.1 Å². The normalized spacial score (nSPS) is 11.8. The van der Waals surface area contributed by atoms with Gasteiger partial charge in [0, 0.05) is 18.1 Å². The zero-order chi connectivity index (χ0) is 14.6. The van der Waals surface area contributed by atoms with E-state index >= 15 is 0 Å². The van der Waals surface area contributed by atoms with Crippen LogP contribution in [0.5, 0.6) is 0 Å². The second-order valence-electron chi connectivity index (χ2n) is 4.59. The Morgan fingerprint density at radius 3 is 2.25 bits per heavy atom. The van der Waals surface area contributed by atoms with E-state index in [1.165, 1.54) is 4.31 Å². The van der Waals surface area contributed by atoms with Crippen molar-refractivity contribution >= 4 is 26.0 Å². The largest absolute Gasteiger partial charge is 0.218 e. The minimum absolute atomic E-state index is 0.0226. The molecule has 0 aliphatic rings. The van der Waals surface area contributed by atoms with Gasteiger partial charge in [0.15, 0.2) is 0 Å². The predicted molar refractivity (Wildman–Crippen MR) is 84.7 cm³/mol. The monoisotopic (exact) mass is 353 g/mol. The standard InChI is InChI=1S/C15H16BrNO2S/c1-17(11-14-9-5-6-10-15(14)16)20(18,19)12-13-7-3-2-4-8-13/h2-10H,11-12H2,1H3. The number of hydrogen-bond acceptors (Lipinski definition) is 2. The molecule has 0 fully saturated rings. The van der Waals surface area contributed by atoms with Gasteiger partial charge in [-0.3, -0.25) is 0 Å². The first kappa shape index (κ1) is 15.2. The molecule has 2 aromatic rings. The summed E-state index contributed by atoms with van der Waals surface area (Å²) in [6.07, 6.45) is 0. The van der Waals surface area contributed by atoms with E-state index in [0.717, 1.165) is 15.6 Å². The average molecular weight is 354 g/mol. The van der Waals surface area contributed by atoms with E-state index in [1.807, 2.05) is 54.6 Å². The third kappa shape index (κ3) is 3.91. The van der Waals surface area contributed by atoms with Crippen molar-refractivity contribution in [2.75, 3.05) is 7.05 Å².